The van der Waals surface area contributed by atoms with E-state index in [1.807, 2.05) is 12.1 Å². The first-order valence-corrected chi connectivity index (χ1v) is 6.93. The molecule has 0 aromatic carbocycles. The van der Waals surface area contributed by atoms with Crippen LogP contribution in [0.4, 0.5) is 5.82 Å². The van der Waals surface area contributed by atoms with Crippen LogP contribution in [-0.2, 0) is 0 Å². The van der Waals surface area contributed by atoms with Crippen molar-refractivity contribution in [3.8, 4) is 0 Å². The van der Waals surface area contributed by atoms with Gasteiger partial charge in [0.2, 0.25) is 0 Å². The van der Waals surface area contributed by atoms with Crippen molar-refractivity contribution in [2.45, 2.75) is 33.6 Å². The zero-order valence-electron chi connectivity index (χ0n) is 12.1. The monoisotopic (exact) mass is 260 g/mol. The summed E-state index contributed by atoms with van der Waals surface area (Å²) in [7, 11) is 0. The average molecular weight is 260 g/mol. The molecule has 0 unspecified atom stereocenters. The number of anilines is 1. The van der Waals surface area contributed by atoms with E-state index >= 15 is 0 Å². The minimum Gasteiger partial charge on any atom is -0.384 e. The van der Waals surface area contributed by atoms with Gasteiger partial charge in [0.25, 0.3) is 0 Å². The third kappa shape index (κ3) is 3.25. The van der Waals surface area contributed by atoms with Crippen LogP contribution < -0.4 is 10.6 Å². The van der Waals surface area contributed by atoms with Crippen molar-refractivity contribution in [3.05, 3.63) is 23.9 Å². The van der Waals surface area contributed by atoms with Gasteiger partial charge in [-0.1, -0.05) is 20.8 Å². The van der Waals surface area contributed by atoms with E-state index < -0.39 is 0 Å². The summed E-state index contributed by atoms with van der Waals surface area (Å²) in [5, 5.41) is 7.37. The molecule has 0 bridgehead atoms. The fraction of sp³-hybridized carbons (Fsp3) is 0.600. The van der Waals surface area contributed by atoms with Crippen LogP contribution in [-0.4, -0.2) is 23.9 Å². The van der Waals surface area contributed by atoms with Crippen LogP contribution in [0.15, 0.2) is 18.3 Å². The predicted octanol–water partition coefficient (Wildman–Crippen LogP) is 2.63. The van der Waals surface area contributed by atoms with Gasteiger partial charge in [0.05, 0.1) is 0 Å². The van der Waals surface area contributed by atoms with E-state index in [1.54, 1.807) is 6.20 Å². The summed E-state index contributed by atoms with van der Waals surface area (Å²) >= 11 is 0. The van der Waals surface area contributed by atoms with Crippen molar-refractivity contribution in [1.82, 2.24) is 4.98 Å². The van der Waals surface area contributed by atoms with Crippen LogP contribution in [0.25, 0.3) is 0 Å². The topological polar surface area (TPSA) is 66.0 Å². The fourth-order valence-corrected chi connectivity index (χ4v) is 2.71. The second-order valence-electron chi connectivity index (χ2n) is 6.45. The van der Waals surface area contributed by atoms with Crippen LogP contribution in [0.5, 0.6) is 0 Å². The molecule has 19 heavy (non-hydrogen) atoms. The van der Waals surface area contributed by atoms with Gasteiger partial charge in [0, 0.05) is 24.8 Å². The lowest BCUT2D eigenvalue weighted by atomic mass is 9.75. The maximum atomic E-state index is 7.37. The summed E-state index contributed by atoms with van der Waals surface area (Å²) < 4.78 is 0. The molecule has 104 valence electrons. The summed E-state index contributed by atoms with van der Waals surface area (Å²) in [6.45, 7) is 9.11. The highest BCUT2D eigenvalue weighted by atomic mass is 15.2. The molecule has 4 heteroatoms. The molecule has 1 aliphatic rings. The zero-order valence-corrected chi connectivity index (χ0v) is 12.1. The lowest BCUT2D eigenvalue weighted by Gasteiger charge is -2.39. The number of aromatic nitrogens is 1. The third-order valence-electron chi connectivity index (χ3n) is 4.10. The number of hydrogen-bond acceptors (Lipinski definition) is 3. The van der Waals surface area contributed by atoms with Gasteiger partial charge in [0.1, 0.15) is 11.7 Å². The molecule has 2 heterocycles. The molecular weight excluding hydrogens is 236 g/mol. The van der Waals surface area contributed by atoms with Gasteiger partial charge in [-0.2, -0.15) is 0 Å². The second-order valence-corrected chi connectivity index (χ2v) is 6.45. The van der Waals surface area contributed by atoms with Crippen LogP contribution in [0.1, 0.15) is 39.2 Å². The fourth-order valence-electron chi connectivity index (χ4n) is 2.71. The number of nitrogen functional groups attached to an aromatic ring is 1. The molecule has 1 aromatic rings. The molecule has 0 aliphatic carbocycles. The number of nitrogens with zero attached hydrogens (tertiary/aromatic N) is 2. The van der Waals surface area contributed by atoms with Crippen molar-refractivity contribution in [2.24, 2.45) is 17.1 Å². The lowest BCUT2D eigenvalue weighted by Crippen LogP contribution is -2.38. The molecule has 0 radical (unpaired) electrons. The van der Waals surface area contributed by atoms with Gasteiger partial charge in [-0.15, -0.1) is 0 Å². The highest BCUT2D eigenvalue weighted by molar-refractivity contribution is 5.94. The minimum absolute atomic E-state index is 0.0745. The maximum absolute atomic E-state index is 7.37. The Morgan fingerprint density at radius 1 is 1.32 bits per heavy atom. The molecule has 1 saturated heterocycles. The standard InChI is InChI=1S/C15H24N4/c1-15(2,3)12-6-8-19(9-7-12)13-5-4-11(10-18-13)14(16)17/h4-5,10,12H,6-9H2,1-3H3,(H3,16,17). The average Bonchev–Trinajstić information content (AvgIpc) is 2.38. The summed E-state index contributed by atoms with van der Waals surface area (Å²) in [4.78, 5) is 6.74. The molecule has 1 aliphatic heterocycles. The van der Waals surface area contributed by atoms with Crippen LogP contribution in [0.3, 0.4) is 0 Å². The van der Waals surface area contributed by atoms with Gasteiger partial charge in [-0.05, 0) is 36.3 Å². The number of piperidine rings is 1. The van der Waals surface area contributed by atoms with E-state index in [0.29, 0.717) is 11.0 Å². The first-order chi connectivity index (χ1) is 8.88. The van der Waals surface area contributed by atoms with Crippen molar-refractivity contribution < 1.29 is 0 Å². The molecule has 2 rings (SSSR count). The lowest BCUT2D eigenvalue weighted by molar-refractivity contribution is 0.198. The summed E-state index contributed by atoms with van der Waals surface area (Å²) in [5.74, 6) is 1.86. The van der Waals surface area contributed by atoms with E-state index in [4.69, 9.17) is 11.1 Å². The second kappa shape index (κ2) is 5.19. The normalized spacial score (nSPS) is 17.5. The van der Waals surface area contributed by atoms with Crippen molar-refractivity contribution in [2.75, 3.05) is 18.0 Å². The van der Waals surface area contributed by atoms with E-state index in [9.17, 15) is 0 Å². The van der Waals surface area contributed by atoms with Gasteiger partial charge in [0.15, 0.2) is 0 Å². The molecule has 0 spiro atoms. The molecular formula is C15H24N4. The van der Waals surface area contributed by atoms with Crippen molar-refractivity contribution in [3.63, 3.8) is 0 Å². The van der Waals surface area contributed by atoms with E-state index in [0.717, 1.165) is 24.8 Å². The Balaban J connectivity index is 2.00. The summed E-state index contributed by atoms with van der Waals surface area (Å²) in [6, 6.07) is 3.84. The maximum Gasteiger partial charge on any atom is 0.128 e. The minimum atomic E-state index is 0.0745. The molecule has 0 atom stereocenters. The van der Waals surface area contributed by atoms with Crippen molar-refractivity contribution >= 4 is 11.7 Å². The Kier molecular flexibility index (Phi) is 3.78. The number of nitrogens with two attached hydrogens (primary N) is 1. The highest BCUT2D eigenvalue weighted by Crippen LogP contribution is 2.35. The Morgan fingerprint density at radius 2 is 1.95 bits per heavy atom. The molecule has 1 aromatic heterocycles. The van der Waals surface area contributed by atoms with Crippen LogP contribution >= 0.6 is 0 Å². The quantitative estimate of drug-likeness (QED) is 0.634. The number of nitrogens with one attached hydrogen (secondary N) is 1. The highest BCUT2D eigenvalue weighted by Gasteiger charge is 2.29. The van der Waals surface area contributed by atoms with Gasteiger partial charge >= 0.3 is 0 Å². The number of hydrogen-bond donors (Lipinski definition) is 2. The van der Waals surface area contributed by atoms with Gasteiger partial charge < -0.3 is 10.6 Å². The number of rotatable bonds is 2. The summed E-state index contributed by atoms with van der Waals surface area (Å²) in [5.41, 5.74) is 6.53. The molecule has 0 amide bonds. The Bertz CT molecular complexity index is 436. The largest absolute Gasteiger partial charge is 0.384 e. The van der Waals surface area contributed by atoms with E-state index in [2.05, 4.69) is 30.7 Å². The SMILES string of the molecule is CC(C)(C)C1CCN(c2ccc(C(=N)N)cn2)CC1. The van der Waals surface area contributed by atoms with Crippen molar-refractivity contribution in [1.29, 1.82) is 5.41 Å². The Morgan fingerprint density at radius 3 is 2.37 bits per heavy atom. The zero-order chi connectivity index (χ0) is 14.0. The number of pyridine rings is 1. The van der Waals surface area contributed by atoms with E-state index in [-0.39, 0.29) is 5.84 Å². The summed E-state index contributed by atoms with van der Waals surface area (Å²) in [6.07, 6.45) is 4.13. The van der Waals surface area contributed by atoms with Crippen LogP contribution in [0, 0.1) is 16.7 Å². The van der Waals surface area contributed by atoms with Gasteiger partial charge in [-0.3, -0.25) is 5.41 Å². The van der Waals surface area contributed by atoms with Gasteiger partial charge in [-0.25, -0.2) is 4.98 Å². The number of amidine groups is 1. The molecule has 3 N–H and O–H groups in total. The molecule has 0 saturated carbocycles. The van der Waals surface area contributed by atoms with Crippen LogP contribution in [0.2, 0.25) is 0 Å². The first-order valence-electron chi connectivity index (χ1n) is 6.93. The Hall–Kier alpha value is -1.58. The van der Waals surface area contributed by atoms with E-state index in [1.165, 1.54) is 12.8 Å². The smallest absolute Gasteiger partial charge is 0.128 e. The first kappa shape index (κ1) is 13.8. The predicted molar refractivity (Wildman–Crippen MR) is 79.6 cm³/mol. The molecule has 1 fully saturated rings. The third-order valence-corrected chi connectivity index (χ3v) is 4.10. The molecule has 4 nitrogen and oxygen atoms in total. The Labute approximate surface area is 115 Å².